The van der Waals surface area contributed by atoms with Crippen molar-refractivity contribution in [1.82, 2.24) is 4.90 Å². The predicted molar refractivity (Wildman–Crippen MR) is 141 cm³/mol. The number of likely N-dealkylation sites (tertiary alicyclic amines) is 1. The first-order valence-electron chi connectivity index (χ1n) is 11.5. The summed E-state index contributed by atoms with van der Waals surface area (Å²) < 4.78 is 0. The fraction of sp³-hybridized carbons (Fsp3) is 0.346. The van der Waals surface area contributed by atoms with Crippen LogP contribution in [0.25, 0.3) is 12.2 Å². The number of nitrogens with one attached hydrogen (secondary N) is 1. The number of benzene rings is 1. The summed E-state index contributed by atoms with van der Waals surface area (Å²) in [6.07, 6.45) is 5.02. The highest BCUT2D eigenvalue weighted by atomic mass is 32.2. The molecule has 3 heterocycles. The summed E-state index contributed by atoms with van der Waals surface area (Å²) >= 11 is 2.83. The van der Waals surface area contributed by atoms with Crippen molar-refractivity contribution in [2.75, 3.05) is 11.9 Å². The molecule has 7 nitrogen and oxygen atoms in total. The second-order valence-electron chi connectivity index (χ2n) is 9.69. The highest BCUT2D eigenvalue weighted by Gasteiger charge is 2.33. The minimum absolute atomic E-state index is 0.198. The highest BCUT2D eigenvalue weighted by molar-refractivity contribution is 8.04. The van der Waals surface area contributed by atoms with Gasteiger partial charge in [-0.3, -0.25) is 9.59 Å². The van der Waals surface area contributed by atoms with Gasteiger partial charge in [0.1, 0.15) is 0 Å². The zero-order valence-corrected chi connectivity index (χ0v) is 21.6. The molecule has 2 aliphatic rings. The normalized spacial score (nSPS) is 19.9. The molecular formula is C26H29N3O4S2. The van der Waals surface area contributed by atoms with E-state index in [1.807, 2.05) is 56.5 Å². The number of hydrogen-bond acceptors (Lipinski definition) is 5. The number of anilines is 1. The Balaban J connectivity index is 1.86. The molecule has 1 saturated heterocycles. The molecule has 0 spiro atoms. The zero-order valence-electron chi connectivity index (χ0n) is 20.0. The van der Waals surface area contributed by atoms with Gasteiger partial charge < -0.3 is 21.1 Å². The van der Waals surface area contributed by atoms with Crippen molar-refractivity contribution in [3.63, 3.8) is 0 Å². The third-order valence-corrected chi connectivity index (χ3v) is 8.25. The maximum absolute atomic E-state index is 12.9. The molecule has 1 fully saturated rings. The van der Waals surface area contributed by atoms with E-state index >= 15 is 0 Å². The van der Waals surface area contributed by atoms with E-state index in [4.69, 9.17) is 5.73 Å². The predicted octanol–water partition coefficient (Wildman–Crippen LogP) is 5.95. The van der Waals surface area contributed by atoms with E-state index in [0.29, 0.717) is 23.4 Å². The van der Waals surface area contributed by atoms with Crippen molar-refractivity contribution in [3.05, 3.63) is 56.1 Å². The first kappa shape index (κ1) is 25.1. The molecule has 35 heavy (non-hydrogen) atoms. The number of primary amides is 1. The number of thiophene rings is 1. The lowest BCUT2D eigenvalue weighted by atomic mass is 9.83. The summed E-state index contributed by atoms with van der Waals surface area (Å²) in [5.41, 5.74) is 8.06. The molecule has 4 rings (SSSR count). The van der Waals surface area contributed by atoms with Gasteiger partial charge in [0.15, 0.2) is 0 Å². The van der Waals surface area contributed by atoms with Crippen LogP contribution in [0.4, 0.5) is 10.5 Å². The third-order valence-electron chi connectivity index (χ3n) is 6.19. The van der Waals surface area contributed by atoms with Crippen molar-refractivity contribution in [1.29, 1.82) is 0 Å². The molecular weight excluding hydrogens is 482 g/mol. The number of carbonyl (C=O) groups excluding carboxylic acids is 2. The Labute approximate surface area is 213 Å². The van der Waals surface area contributed by atoms with Crippen molar-refractivity contribution in [2.24, 2.45) is 11.1 Å². The van der Waals surface area contributed by atoms with Gasteiger partial charge in [-0.25, -0.2) is 4.79 Å². The largest absolute Gasteiger partial charge is 0.465 e. The summed E-state index contributed by atoms with van der Waals surface area (Å²) in [6, 6.07) is 7.24. The number of rotatable bonds is 4. The average molecular weight is 512 g/mol. The zero-order chi connectivity index (χ0) is 25.3. The van der Waals surface area contributed by atoms with E-state index in [1.165, 1.54) is 28.0 Å². The van der Waals surface area contributed by atoms with Gasteiger partial charge in [-0.1, -0.05) is 44.7 Å². The Morgan fingerprint density at radius 2 is 1.97 bits per heavy atom. The number of carbonyl (C=O) groups is 3. The maximum atomic E-state index is 12.9. The number of amides is 3. The lowest BCUT2D eigenvalue weighted by Crippen LogP contribution is -2.37. The number of piperidine rings is 1. The number of fused-ring (bicyclic) bond motifs is 1. The van der Waals surface area contributed by atoms with Gasteiger partial charge in [0, 0.05) is 27.5 Å². The van der Waals surface area contributed by atoms with Gasteiger partial charge in [-0.05, 0) is 59.9 Å². The average Bonchev–Trinajstić information content (AvgIpc) is 3.19. The molecule has 1 atom stereocenters. The van der Waals surface area contributed by atoms with Gasteiger partial charge >= 0.3 is 6.09 Å². The SMILES string of the molecule is CC(C)(C)/C(=C\c1csc(/C=C2\Sc3ccccc3NC2=O)c1C1CCCCN1C(=O)O)C(N)=O. The van der Waals surface area contributed by atoms with E-state index in [-0.39, 0.29) is 11.9 Å². The van der Waals surface area contributed by atoms with Crippen LogP contribution in [-0.4, -0.2) is 34.5 Å². The molecule has 1 aromatic heterocycles. The maximum Gasteiger partial charge on any atom is 0.407 e. The van der Waals surface area contributed by atoms with Gasteiger partial charge in [-0.15, -0.1) is 11.3 Å². The Morgan fingerprint density at radius 1 is 1.23 bits per heavy atom. The lowest BCUT2D eigenvalue weighted by molar-refractivity contribution is -0.115. The van der Waals surface area contributed by atoms with Gasteiger partial charge in [0.25, 0.3) is 5.91 Å². The quantitative estimate of drug-likeness (QED) is 0.439. The van der Waals surface area contributed by atoms with Crippen LogP contribution in [0.2, 0.25) is 0 Å². The van der Waals surface area contributed by atoms with Crippen LogP contribution in [-0.2, 0) is 9.59 Å². The Kier molecular flexibility index (Phi) is 7.10. The molecule has 0 saturated carbocycles. The Hall–Kier alpha value is -3.04. The summed E-state index contributed by atoms with van der Waals surface area (Å²) in [5, 5.41) is 14.8. The number of para-hydroxylation sites is 1. The summed E-state index contributed by atoms with van der Waals surface area (Å²) in [7, 11) is 0. The van der Waals surface area contributed by atoms with E-state index in [0.717, 1.165) is 39.4 Å². The van der Waals surface area contributed by atoms with Crippen molar-refractivity contribution in [3.8, 4) is 0 Å². The Morgan fingerprint density at radius 3 is 2.66 bits per heavy atom. The van der Waals surface area contributed by atoms with Crippen LogP contribution in [0.15, 0.2) is 45.0 Å². The topological polar surface area (TPSA) is 113 Å². The molecule has 1 aromatic carbocycles. The molecule has 4 N–H and O–H groups in total. The highest BCUT2D eigenvalue weighted by Crippen LogP contribution is 2.44. The fourth-order valence-corrected chi connectivity index (χ4v) is 6.49. The van der Waals surface area contributed by atoms with Gasteiger partial charge in [0.05, 0.1) is 16.6 Å². The molecule has 0 radical (unpaired) electrons. The second-order valence-corrected chi connectivity index (χ2v) is 11.7. The number of nitrogens with two attached hydrogens (primary N) is 1. The van der Waals surface area contributed by atoms with Crippen LogP contribution in [0.3, 0.4) is 0 Å². The molecule has 3 amide bonds. The van der Waals surface area contributed by atoms with Gasteiger partial charge in [-0.2, -0.15) is 0 Å². The monoisotopic (exact) mass is 511 g/mol. The summed E-state index contributed by atoms with van der Waals surface area (Å²) in [4.78, 5) is 41.0. The number of carboxylic acid groups (broad SMARTS) is 1. The molecule has 0 bridgehead atoms. The minimum atomic E-state index is -0.973. The van der Waals surface area contributed by atoms with Crippen LogP contribution in [0, 0.1) is 5.41 Å². The number of hydrogen-bond donors (Lipinski definition) is 3. The molecule has 2 aliphatic heterocycles. The lowest BCUT2D eigenvalue weighted by Gasteiger charge is -2.34. The van der Waals surface area contributed by atoms with Crippen LogP contribution in [0.5, 0.6) is 0 Å². The second kappa shape index (κ2) is 9.91. The van der Waals surface area contributed by atoms with Crippen molar-refractivity contribution < 1.29 is 19.5 Å². The molecule has 9 heteroatoms. The van der Waals surface area contributed by atoms with E-state index in [2.05, 4.69) is 5.32 Å². The van der Waals surface area contributed by atoms with Crippen LogP contribution < -0.4 is 11.1 Å². The molecule has 184 valence electrons. The first-order valence-corrected chi connectivity index (χ1v) is 13.2. The number of nitrogens with zero attached hydrogens (tertiary/aromatic N) is 1. The van der Waals surface area contributed by atoms with Crippen LogP contribution in [0.1, 0.15) is 62.1 Å². The molecule has 1 unspecified atom stereocenters. The van der Waals surface area contributed by atoms with Crippen LogP contribution >= 0.6 is 23.1 Å². The summed E-state index contributed by atoms with van der Waals surface area (Å²) in [5.74, 6) is -0.705. The summed E-state index contributed by atoms with van der Waals surface area (Å²) in [6.45, 7) is 6.20. The van der Waals surface area contributed by atoms with E-state index < -0.39 is 17.4 Å². The number of thioether (sulfide) groups is 1. The molecule has 2 aromatic rings. The Bertz CT molecular complexity index is 1240. The fourth-order valence-electron chi connectivity index (χ4n) is 4.47. The van der Waals surface area contributed by atoms with Crippen molar-refractivity contribution >= 4 is 58.8 Å². The van der Waals surface area contributed by atoms with E-state index in [9.17, 15) is 19.5 Å². The van der Waals surface area contributed by atoms with Gasteiger partial charge in [0.2, 0.25) is 5.91 Å². The van der Waals surface area contributed by atoms with E-state index in [1.54, 1.807) is 6.08 Å². The minimum Gasteiger partial charge on any atom is -0.465 e. The first-order chi connectivity index (χ1) is 16.6. The smallest absolute Gasteiger partial charge is 0.407 e. The standard InChI is InChI=1S/C26H29N3O4S2/c1-26(2,3)16(23(27)30)12-15-14-34-20(22(15)18-9-6-7-11-29(18)25(32)33)13-21-24(31)28-17-8-4-5-10-19(17)35-21/h4-5,8,10,12-14,18H,6-7,9,11H2,1-3H3,(H2,27,30)(H,28,31)(H,32,33)/b16-12-,21-13-. The third kappa shape index (κ3) is 5.31. The molecule has 0 aliphatic carbocycles. The van der Waals surface area contributed by atoms with Crippen molar-refractivity contribution in [2.45, 2.75) is 51.0 Å².